The van der Waals surface area contributed by atoms with Crippen LogP contribution in [0.2, 0.25) is 0 Å². The first-order valence-corrected chi connectivity index (χ1v) is 8.63. The van der Waals surface area contributed by atoms with Gasteiger partial charge in [0.05, 0.1) is 6.42 Å². The Bertz CT molecular complexity index is 1080. The summed E-state index contributed by atoms with van der Waals surface area (Å²) in [7, 11) is 0. The molecule has 0 aliphatic rings. The first-order valence-electron chi connectivity index (χ1n) is 8.63. The van der Waals surface area contributed by atoms with E-state index in [1.54, 1.807) is 0 Å². The second-order valence-corrected chi connectivity index (χ2v) is 6.21. The van der Waals surface area contributed by atoms with E-state index in [0.29, 0.717) is 22.6 Å². The lowest BCUT2D eigenvalue weighted by molar-refractivity contribution is -0.135. The number of rotatable bonds is 5. The molecule has 0 fully saturated rings. The maximum absolute atomic E-state index is 11.3. The Labute approximate surface area is 156 Å². The van der Waals surface area contributed by atoms with E-state index in [0.717, 1.165) is 16.7 Å². The molecule has 4 rings (SSSR count). The summed E-state index contributed by atoms with van der Waals surface area (Å²) in [5, 5.41) is 9.28. The van der Waals surface area contributed by atoms with Gasteiger partial charge in [0.25, 0.3) is 0 Å². The number of benzene rings is 3. The zero-order valence-electron chi connectivity index (χ0n) is 14.5. The molecule has 132 valence electrons. The van der Waals surface area contributed by atoms with Crippen LogP contribution in [0.1, 0.15) is 17.9 Å². The monoisotopic (exact) mass is 355 g/mol. The predicted molar refractivity (Wildman–Crippen MR) is 106 cm³/mol. The van der Waals surface area contributed by atoms with E-state index >= 15 is 0 Å². The fourth-order valence-corrected chi connectivity index (χ4v) is 2.96. The minimum absolute atomic E-state index is 0.159. The van der Waals surface area contributed by atoms with Crippen LogP contribution >= 0.6 is 0 Å². The van der Waals surface area contributed by atoms with Crippen molar-refractivity contribution in [3.8, 4) is 11.1 Å². The Morgan fingerprint density at radius 1 is 0.889 bits per heavy atom. The summed E-state index contributed by atoms with van der Waals surface area (Å²) in [6.07, 6.45) is 1.65. The van der Waals surface area contributed by atoms with Crippen LogP contribution in [0.5, 0.6) is 0 Å². The lowest BCUT2D eigenvalue weighted by Crippen LogP contribution is -1.97. The number of hydrogen-bond donors (Lipinski definition) is 1. The number of hydrogen-bond acceptors (Lipinski definition) is 3. The Hall–Kier alpha value is -3.66. The Morgan fingerprint density at radius 2 is 1.56 bits per heavy atom. The van der Waals surface area contributed by atoms with Gasteiger partial charge in [0.15, 0.2) is 5.58 Å². The zero-order chi connectivity index (χ0) is 18.6. The molecule has 4 aromatic rings. The molecule has 0 atom stereocenters. The lowest BCUT2D eigenvalue weighted by Gasteiger charge is -2.04. The van der Waals surface area contributed by atoms with Crippen molar-refractivity contribution in [1.29, 1.82) is 0 Å². The lowest BCUT2D eigenvalue weighted by atomic mass is 10.0. The molecule has 0 unspecified atom stereocenters. The molecule has 0 amide bonds. The van der Waals surface area contributed by atoms with Crippen LogP contribution in [0.25, 0.3) is 33.9 Å². The first kappa shape index (κ1) is 16.8. The maximum atomic E-state index is 11.3. The van der Waals surface area contributed by atoms with E-state index in [2.05, 4.69) is 17.1 Å². The Kier molecular flexibility index (Phi) is 4.54. The van der Waals surface area contributed by atoms with E-state index in [4.69, 9.17) is 4.42 Å². The number of para-hydroxylation sites is 2. The number of aliphatic carboxylic acids is 1. The van der Waals surface area contributed by atoms with Gasteiger partial charge in [0.1, 0.15) is 5.52 Å². The van der Waals surface area contributed by atoms with Gasteiger partial charge in [-0.2, -0.15) is 0 Å². The number of oxazole rings is 1. The van der Waals surface area contributed by atoms with Crippen molar-refractivity contribution in [2.75, 3.05) is 0 Å². The first-order chi connectivity index (χ1) is 13.2. The summed E-state index contributed by atoms with van der Waals surface area (Å²) in [6.45, 7) is 0. The van der Waals surface area contributed by atoms with E-state index in [1.165, 1.54) is 0 Å². The SMILES string of the molecule is O=C(O)C/C(=C\c1ccc(-c2ccccc2)cc1)c1nc2ccccc2o1. The zero-order valence-corrected chi connectivity index (χ0v) is 14.5. The van der Waals surface area contributed by atoms with Gasteiger partial charge in [0.2, 0.25) is 5.89 Å². The van der Waals surface area contributed by atoms with Crippen molar-refractivity contribution in [1.82, 2.24) is 4.98 Å². The topological polar surface area (TPSA) is 63.3 Å². The van der Waals surface area contributed by atoms with Gasteiger partial charge in [-0.05, 0) is 34.9 Å². The fraction of sp³-hybridized carbons (Fsp3) is 0.0435. The average Bonchev–Trinajstić information content (AvgIpc) is 3.13. The molecule has 3 aromatic carbocycles. The molecular weight excluding hydrogens is 338 g/mol. The molecule has 0 radical (unpaired) electrons. The van der Waals surface area contributed by atoms with Crippen molar-refractivity contribution in [3.63, 3.8) is 0 Å². The highest BCUT2D eigenvalue weighted by Gasteiger charge is 2.14. The highest BCUT2D eigenvalue weighted by atomic mass is 16.4. The molecule has 4 nitrogen and oxygen atoms in total. The number of nitrogens with zero attached hydrogens (tertiary/aromatic N) is 1. The van der Waals surface area contributed by atoms with Crippen LogP contribution in [-0.2, 0) is 4.79 Å². The van der Waals surface area contributed by atoms with Crippen molar-refractivity contribution in [2.45, 2.75) is 6.42 Å². The molecule has 1 N–H and O–H groups in total. The number of aromatic nitrogens is 1. The fourth-order valence-electron chi connectivity index (χ4n) is 2.96. The van der Waals surface area contributed by atoms with E-state index in [-0.39, 0.29) is 6.42 Å². The van der Waals surface area contributed by atoms with Gasteiger partial charge in [-0.25, -0.2) is 4.98 Å². The Balaban J connectivity index is 1.69. The summed E-state index contributed by atoms with van der Waals surface area (Å²) in [5.74, 6) is -0.588. The van der Waals surface area contributed by atoms with Crippen molar-refractivity contribution in [3.05, 3.63) is 90.3 Å². The third kappa shape index (κ3) is 3.80. The van der Waals surface area contributed by atoms with Crippen LogP contribution in [0, 0.1) is 0 Å². The molecule has 0 saturated carbocycles. The molecule has 0 saturated heterocycles. The second-order valence-electron chi connectivity index (χ2n) is 6.21. The number of carbonyl (C=O) groups is 1. The van der Waals surface area contributed by atoms with Crippen LogP contribution < -0.4 is 0 Å². The number of carboxylic acids is 1. The smallest absolute Gasteiger partial charge is 0.308 e. The highest BCUT2D eigenvalue weighted by Crippen LogP contribution is 2.26. The number of carboxylic acid groups (broad SMARTS) is 1. The largest absolute Gasteiger partial charge is 0.481 e. The molecule has 0 spiro atoms. The normalized spacial score (nSPS) is 11.6. The van der Waals surface area contributed by atoms with Gasteiger partial charge in [-0.1, -0.05) is 66.7 Å². The van der Waals surface area contributed by atoms with Crippen LogP contribution in [0.4, 0.5) is 0 Å². The Morgan fingerprint density at radius 3 is 2.26 bits per heavy atom. The quantitative estimate of drug-likeness (QED) is 0.513. The molecule has 0 aliphatic heterocycles. The summed E-state index contributed by atoms with van der Waals surface area (Å²) >= 11 is 0. The minimum atomic E-state index is -0.926. The van der Waals surface area contributed by atoms with Crippen LogP contribution in [0.3, 0.4) is 0 Å². The van der Waals surface area contributed by atoms with E-state index in [9.17, 15) is 9.90 Å². The molecule has 1 aromatic heterocycles. The van der Waals surface area contributed by atoms with Gasteiger partial charge >= 0.3 is 5.97 Å². The van der Waals surface area contributed by atoms with Gasteiger partial charge in [-0.3, -0.25) is 4.79 Å². The second kappa shape index (κ2) is 7.30. The summed E-state index contributed by atoms with van der Waals surface area (Å²) in [5.41, 5.74) is 5.03. The highest BCUT2D eigenvalue weighted by molar-refractivity contribution is 5.91. The maximum Gasteiger partial charge on any atom is 0.308 e. The van der Waals surface area contributed by atoms with Crippen molar-refractivity contribution in [2.24, 2.45) is 0 Å². The van der Waals surface area contributed by atoms with Crippen molar-refractivity contribution >= 4 is 28.7 Å². The molecular formula is C23H17NO3. The van der Waals surface area contributed by atoms with Gasteiger partial charge in [0, 0.05) is 5.57 Å². The summed E-state index contributed by atoms with van der Waals surface area (Å²) in [4.78, 5) is 15.7. The van der Waals surface area contributed by atoms with Gasteiger partial charge < -0.3 is 9.52 Å². The number of fused-ring (bicyclic) bond motifs is 1. The predicted octanol–water partition coefficient (Wildman–Crippen LogP) is 5.51. The standard InChI is InChI=1S/C23H17NO3/c25-22(26)15-19(23-24-20-8-4-5-9-21(20)27-23)14-16-10-12-18(13-11-16)17-6-2-1-3-7-17/h1-14H,15H2,(H,25,26)/b19-14+. The van der Waals surface area contributed by atoms with E-state index in [1.807, 2.05) is 72.8 Å². The molecule has 4 heteroatoms. The third-order valence-electron chi connectivity index (χ3n) is 4.27. The molecule has 0 aliphatic carbocycles. The van der Waals surface area contributed by atoms with Crippen molar-refractivity contribution < 1.29 is 14.3 Å². The minimum Gasteiger partial charge on any atom is -0.481 e. The molecule has 1 heterocycles. The average molecular weight is 355 g/mol. The molecule has 0 bridgehead atoms. The van der Waals surface area contributed by atoms with Crippen LogP contribution in [0.15, 0.2) is 83.3 Å². The third-order valence-corrected chi connectivity index (χ3v) is 4.27. The van der Waals surface area contributed by atoms with Gasteiger partial charge in [-0.15, -0.1) is 0 Å². The molecule has 27 heavy (non-hydrogen) atoms. The summed E-state index contributed by atoms with van der Waals surface area (Å²) in [6, 6.07) is 25.5. The summed E-state index contributed by atoms with van der Waals surface area (Å²) < 4.78 is 5.75. The van der Waals surface area contributed by atoms with E-state index < -0.39 is 5.97 Å². The van der Waals surface area contributed by atoms with Crippen LogP contribution in [-0.4, -0.2) is 16.1 Å².